The second kappa shape index (κ2) is 7.54. The molecule has 0 radical (unpaired) electrons. The molecule has 1 rings (SSSR count). The molecular formula is C14H26N2O2. The predicted octanol–water partition coefficient (Wildman–Crippen LogP) is 2.57. The van der Waals surface area contributed by atoms with Crippen molar-refractivity contribution in [1.29, 1.82) is 0 Å². The Balaban J connectivity index is 2.48. The molecule has 1 heterocycles. The lowest BCUT2D eigenvalue weighted by atomic mass is 10.2. The first-order valence-corrected chi connectivity index (χ1v) is 6.90. The molecule has 1 N–H and O–H groups in total. The fourth-order valence-corrected chi connectivity index (χ4v) is 1.96. The minimum atomic E-state index is -0.475. The summed E-state index contributed by atoms with van der Waals surface area (Å²) in [6.45, 7) is 8.64. The SMILES string of the molecule is CCC(CC)n1ccc(CC(O)COC(C)C)n1. The van der Waals surface area contributed by atoms with Crippen LogP contribution in [0.15, 0.2) is 12.3 Å². The number of nitrogens with zero attached hydrogens (tertiary/aromatic N) is 2. The molecule has 4 heteroatoms. The lowest BCUT2D eigenvalue weighted by Gasteiger charge is -2.13. The van der Waals surface area contributed by atoms with Gasteiger partial charge in [-0.05, 0) is 32.8 Å². The van der Waals surface area contributed by atoms with E-state index in [0.29, 0.717) is 19.1 Å². The third-order valence-corrected chi connectivity index (χ3v) is 3.05. The summed E-state index contributed by atoms with van der Waals surface area (Å²) in [4.78, 5) is 0. The number of aliphatic hydroxyl groups excluding tert-OH is 1. The van der Waals surface area contributed by atoms with Crippen LogP contribution in [0.25, 0.3) is 0 Å². The van der Waals surface area contributed by atoms with Crippen LogP contribution >= 0.6 is 0 Å². The van der Waals surface area contributed by atoms with E-state index in [2.05, 4.69) is 18.9 Å². The molecule has 4 nitrogen and oxygen atoms in total. The summed E-state index contributed by atoms with van der Waals surface area (Å²) >= 11 is 0. The normalized spacial score (nSPS) is 13.5. The second-order valence-electron chi connectivity index (χ2n) is 5.00. The quantitative estimate of drug-likeness (QED) is 0.775. The molecule has 0 aliphatic rings. The lowest BCUT2D eigenvalue weighted by Crippen LogP contribution is -2.21. The van der Waals surface area contributed by atoms with Gasteiger partial charge in [0.15, 0.2) is 0 Å². The van der Waals surface area contributed by atoms with Crippen LogP contribution in [-0.2, 0) is 11.2 Å². The molecule has 0 aromatic carbocycles. The van der Waals surface area contributed by atoms with Gasteiger partial charge in [-0.1, -0.05) is 13.8 Å². The Bertz CT molecular complexity index is 332. The lowest BCUT2D eigenvalue weighted by molar-refractivity contribution is 0.00580. The van der Waals surface area contributed by atoms with Crippen LogP contribution in [0.5, 0.6) is 0 Å². The number of hydrogen-bond donors (Lipinski definition) is 1. The van der Waals surface area contributed by atoms with E-state index >= 15 is 0 Å². The Kier molecular flexibility index (Phi) is 6.36. The number of ether oxygens (including phenoxy) is 1. The summed E-state index contributed by atoms with van der Waals surface area (Å²) in [6.07, 6.45) is 4.40. The molecule has 104 valence electrons. The van der Waals surface area contributed by atoms with Crippen LogP contribution < -0.4 is 0 Å². The van der Waals surface area contributed by atoms with E-state index in [9.17, 15) is 5.11 Å². The van der Waals surface area contributed by atoms with Crippen molar-refractivity contribution in [3.8, 4) is 0 Å². The highest BCUT2D eigenvalue weighted by Crippen LogP contribution is 2.15. The maximum atomic E-state index is 9.84. The third kappa shape index (κ3) is 4.78. The zero-order valence-electron chi connectivity index (χ0n) is 12.0. The van der Waals surface area contributed by atoms with E-state index in [4.69, 9.17) is 4.74 Å². The Labute approximate surface area is 110 Å². The van der Waals surface area contributed by atoms with E-state index < -0.39 is 6.10 Å². The van der Waals surface area contributed by atoms with Crippen molar-refractivity contribution in [2.45, 2.75) is 65.2 Å². The van der Waals surface area contributed by atoms with E-state index in [1.165, 1.54) is 0 Å². The summed E-state index contributed by atoms with van der Waals surface area (Å²) in [7, 11) is 0. The van der Waals surface area contributed by atoms with Crippen LogP contribution in [0.4, 0.5) is 0 Å². The van der Waals surface area contributed by atoms with Crippen LogP contribution in [0.3, 0.4) is 0 Å². The highest BCUT2D eigenvalue weighted by atomic mass is 16.5. The third-order valence-electron chi connectivity index (χ3n) is 3.05. The number of aliphatic hydroxyl groups is 1. The van der Waals surface area contributed by atoms with Crippen LogP contribution in [0.2, 0.25) is 0 Å². The van der Waals surface area contributed by atoms with Crippen molar-refractivity contribution in [2.75, 3.05) is 6.61 Å². The summed E-state index contributed by atoms with van der Waals surface area (Å²) in [5, 5.41) is 14.4. The standard InChI is InChI=1S/C14H26N2O2/c1-5-13(6-2)16-8-7-12(15-16)9-14(17)10-18-11(3)4/h7-8,11,13-14,17H,5-6,9-10H2,1-4H3. The number of hydrogen-bond acceptors (Lipinski definition) is 3. The van der Waals surface area contributed by atoms with Crippen molar-refractivity contribution in [2.24, 2.45) is 0 Å². The molecule has 0 bridgehead atoms. The molecule has 0 fully saturated rings. The fourth-order valence-electron chi connectivity index (χ4n) is 1.96. The van der Waals surface area contributed by atoms with Gasteiger partial charge in [0.25, 0.3) is 0 Å². The molecule has 0 saturated carbocycles. The molecule has 0 aliphatic heterocycles. The molecule has 1 aromatic heterocycles. The second-order valence-corrected chi connectivity index (χ2v) is 5.00. The number of rotatable bonds is 8. The van der Waals surface area contributed by atoms with Gasteiger partial charge in [0.2, 0.25) is 0 Å². The van der Waals surface area contributed by atoms with Gasteiger partial charge >= 0.3 is 0 Å². The molecule has 1 atom stereocenters. The van der Waals surface area contributed by atoms with Gasteiger partial charge in [-0.25, -0.2) is 0 Å². The Morgan fingerprint density at radius 3 is 2.56 bits per heavy atom. The molecule has 18 heavy (non-hydrogen) atoms. The van der Waals surface area contributed by atoms with Gasteiger partial charge in [-0.15, -0.1) is 0 Å². The summed E-state index contributed by atoms with van der Waals surface area (Å²) in [5.41, 5.74) is 0.932. The van der Waals surface area contributed by atoms with Gasteiger partial charge in [0, 0.05) is 12.6 Å². The van der Waals surface area contributed by atoms with Gasteiger partial charge in [-0.3, -0.25) is 4.68 Å². The van der Waals surface area contributed by atoms with Crippen molar-refractivity contribution in [1.82, 2.24) is 9.78 Å². The minimum Gasteiger partial charge on any atom is -0.390 e. The van der Waals surface area contributed by atoms with Crippen molar-refractivity contribution < 1.29 is 9.84 Å². The Hall–Kier alpha value is -0.870. The molecule has 0 saturated heterocycles. The smallest absolute Gasteiger partial charge is 0.0829 e. The molecule has 1 aromatic rings. The first kappa shape index (κ1) is 15.2. The first-order valence-electron chi connectivity index (χ1n) is 6.90. The highest BCUT2D eigenvalue weighted by Gasteiger charge is 2.12. The van der Waals surface area contributed by atoms with Gasteiger partial charge in [0.1, 0.15) is 0 Å². The summed E-state index contributed by atoms with van der Waals surface area (Å²) in [5.74, 6) is 0. The number of aromatic nitrogens is 2. The van der Waals surface area contributed by atoms with Gasteiger partial charge < -0.3 is 9.84 Å². The average molecular weight is 254 g/mol. The van der Waals surface area contributed by atoms with Crippen molar-refractivity contribution in [3.05, 3.63) is 18.0 Å². The van der Waals surface area contributed by atoms with Crippen molar-refractivity contribution >= 4 is 0 Å². The maximum Gasteiger partial charge on any atom is 0.0829 e. The molecule has 0 aliphatic carbocycles. The van der Waals surface area contributed by atoms with Crippen LogP contribution in [0.1, 0.15) is 52.3 Å². The fraction of sp³-hybridized carbons (Fsp3) is 0.786. The Morgan fingerprint density at radius 1 is 1.33 bits per heavy atom. The highest BCUT2D eigenvalue weighted by molar-refractivity contribution is 5.01. The van der Waals surface area contributed by atoms with Gasteiger partial charge in [0.05, 0.1) is 30.6 Å². The molecular weight excluding hydrogens is 228 g/mol. The van der Waals surface area contributed by atoms with E-state index in [1.807, 2.05) is 30.8 Å². The van der Waals surface area contributed by atoms with E-state index in [0.717, 1.165) is 18.5 Å². The Morgan fingerprint density at radius 2 is 2.00 bits per heavy atom. The minimum absolute atomic E-state index is 0.154. The summed E-state index contributed by atoms with van der Waals surface area (Å²) in [6, 6.07) is 2.44. The average Bonchev–Trinajstić information content (AvgIpc) is 2.76. The zero-order valence-corrected chi connectivity index (χ0v) is 12.0. The first-order chi connectivity index (χ1) is 8.56. The largest absolute Gasteiger partial charge is 0.390 e. The van der Waals surface area contributed by atoms with E-state index in [-0.39, 0.29) is 6.10 Å². The van der Waals surface area contributed by atoms with Crippen molar-refractivity contribution in [3.63, 3.8) is 0 Å². The topological polar surface area (TPSA) is 47.3 Å². The maximum absolute atomic E-state index is 9.84. The predicted molar refractivity (Wildman–Crippen MR) is 72.6 cm³/mol. The molecule has 1 unspecified atom stereocenters. The van der Waals surface area contributed by atoms with Gasteiger partial charge in [-0.2, -0.15) is 5.10 Å². The summed E-state index contributed by atoms with van der Waals surface area (Å²) < 4.78 is 7.39. The monoisotopic (exact) mass is 254 g/mol. The zero-order chi connectivity index (χ0) is 13.5. The van der Waals surface area contributed by atoms with Crippen LogP contribution in [0, 0.1) is 0 Å². The van der Waals surface area contributed by atoms with E-state index in [1.54, 1.807) is 0 Å². The molecule has 0 amide bonds. The van der Waals surface area contributed by atoms with Crippen LogP contribution in [-0.4, -0.2) is 33.7 Å². The molecule has 0 spiro atoms.